The Hall–Kier alpha value is -2.36. The lowest BCUT2D eigenvalue weighted by molar-refractivity contribution is 0.111. The highest BCUT2D eigenvalue weighted by Gasteiger charge is 2.08. The number of aldehydes is 1. The van der Waals surface area contributed by atoms with E-state index in [-0.39, 0.29) is 5.43 Å². The van der Waals surface area contributed by atoms with Crippen LogP contribution in [-0.2, 0) is 13.2 Å². The number of nitrogens with zero attached hydrogens (tertiary/aromatic N) is 1. The van der Waals surface area contributed by atoms with E-state index in [2.05, 4.69) is 6.92 Å². The van der Waals surface area contributed by atoms with E-state index in [1.54, 1.807) is 6.20 Å². The highest BCUT2D eigenvalue weighted by molar-refractivity contribution is 5.72. The van der Waals surface area contributed by atoms with Crippen LogP contribution in [0.4, 0.5) is 0 Å². The number of hydrogen-bond acceptors (Lipinski definition) is 3. The average molecular weight is 341 g/mol. The minimum atomic E-state index is -0.253. The van der Waals surface area contributed by atoms with E-state index in [9.17, 15) is 9.59 Å². The van der Waals surface area contributed by atoms with Crippen LogP contribution in [0.1, 0.15) is 61.5 Å². The maximum atomic E-state index is 12.1. The number of carbonyl (C=O) groups is 1. The molecule has 2 rings (SSSR count). The summed E-state index contributed by atoms with van der Waals surface area (Å²) in [6, 6.07) is 11.1. The summed E-state index contributed by atoms with van der Waals surface area (Å²) in [7, 11) is 0. The molecule has 2 aromatic rings. The molecule has 0 N–H and O–H groups in total. The molecule has 0 aliphatic carbocycles. The Labute approximate surface area is 149 Å². The van der Waals surface area contributed by atoms with Gasteiger partial charge in [0.15, 0.2) is 12.0 Å². The minimum absolute atomic E-state index is 0.253. The van der Waals surface area contributed by atoms with Gasteiger partial charge in [-0.05, 0) is 12.0 Å². The number of aryl methyl sites for hydroxylation is 1. The SMILES string of the molecule is CCCCCCCCn1cc(OCc2ccccc2)c(=O)cc1C=O. The Kier molecular flexibility index (Phi) is 7.96. The number of aromatic nitrogens is 1. The molecule has 4 nitrogen and oxygen atoms in total. The maximum Gasteiger partial charge on any atom is 0.224 e. The van der Waals surface area contributed by atoms with Crippen molar-refractivity contribution in [2.75, 3.05) is 0 Å². The lowest BCUT2D eigenvalue weighted by Gasteiger charge is -2.13. The van der Waals surface area contributed by atoms with Crippen molar-refractivity contribution in [1.82, 2.24) is 4.57 Å². The number of rotatable bonds is 11. The molecule has 1 aromatic carbocycles. The molecule has 1 heterocycles. The predicted octanol–water partition coefficient (Wildman–Crippen LogP) is 4.60. The van der Waals surface area contributed by atoms with Crippen LogP contribution in [0.2, 0.25) is 0 Å². The van der Waals surface area contributed by atoms with Gasteiger partial charge in [0, 0.05) is 12.6 Å². The molecule has 0 radical (unpaired) electrons. The first kappa shape index (κ1) is 19.0. The summed E-state index contributed by atoms with van der Waals surface area (Å²) >= 11 is 0. The van der Waals surface area contributed by atoms with Crippen LogP contribution in [0.25, 0.3) is 0 Å². The van der Waals surface area contributed by atoms with Gasteiger partial charge in [-0.15, -0.1) is 0 Å². The van der Waals surface area contributed by atoms with Gasteiger partial charge < -0.3 is 9.30 Å². The van der Waals surface area contributed by atoms with Crippen molar-refractivity contribution in [2.24, 2.45) is 0 Å². The third kappa shape index (κ3) is 6.22. The van der Waals surface area contributed by atoms with Gasteiger partial charge in [-0.1, -0.05) is 69.4 Å². The zero-order chi connectivity index (χ0) is 17.9. The molecule has 1 aromatic heterocycles. The molecule has 0 saturated heterocycles. The van der Waals surface area contributed by atoms with Gasteiger partial charge in [0.25, 0.3) is 0 Å². The Morgan fingerprint density at radius 2 is 1.76 bits per heavy atom. The monoisotopic (exact) mass is 341 g/mol. The van der Waals surface area contributed by atoms with E-state index in [0.29, 0.717) is 18.1 Å². The first-order chi connectivity index (χ1) is 12.2. The van der Waals surface area contributed by atoms with Crippen molar-refractivity contribution in [3.63, 3.8) is 0 Å². The first-order valence-electron chi connectivity index (χ1n) is 9.11. The van der Waals surface area contributed by atoms with Crippen LogP contribution in [-0.4, -0.2) is 10.9 Å². The number of carbonyl (C=O) groups excluding carboxylic acids is 1. The molecule has 0 aliphatic heterocycles. The summed E-state index contributed by atoms with van der Waals surface area (Å²) in [5, 5.41) is 0. The third-order valence-corrected chi connectivity index (χ3v) is 4.24. The topological polar surface area (TPSA) is 48.3 Å². The lowest BCUT2D eigenvalue weighted by atomic mass is 10.1. The second-order valence-electron chi connectivity index (χ2n) is 6.28. The van der Waals surface area contributed by atoms with Crippen molar-refractivity contribution < 1.29 is 9.53 Å². The standard InChI is InChI=1S/C21H27NO3/c1-2-3-4-5-6-10-13-22-15-21(20(24)14-19(22)16-23)25-17-18-11-8-7-9-12-18/h7-9,11-12,14-16H,2-6,10,13,17H2,1H3. The van der Waals surface area contributed by atoms with E-state index in [4.69, 9.17) is 4.74 Å². The highest BCUT2D eigenvalue weighted by Crippen LogP contribution is 2.12. The van der Waals surface area contributed by atoms with Crippen LogP contribution in [0.15, 0.2) is 47.4 Å². The molecule has 0 atom stereocenters. The lowest BCUT2D eigenvalue weighted by Crippen LogP contribution is -2.15. The summed E-state index contributed by atoms with van der Waals surface area (Å²) in [4.78, 5) is 23.4. The van der Waals surface area contributed by atoms with Crippen LogP contribution >= 0.6 is 0 Å². The van der Waals surface area contributed by atoms with E-state index < -0.39 is 0 Å². The normalized spacial score (nSPS) is 10.6. The molecule has 0 amide bonds. The molecule has 0 bridgehead atoms. The van der Waals surface area contributed by atoms with Gasteiger partial charge in [-0.2, -0.15) is 0 Å². The quantitative estimate of drug-likeness (QED) is 0.443. The van der Waals surface area contributed by atoms with Crippen LogP contribution in [0.3, 0.4) is 0 Å². The number of pyridine rings is 1. The predicted molar refractivity (Wildman–Crippen MR) is 100 cm³/mol. The number of hydrogen-bond donors (Lipinski definition) is 0. The van der Waals surface area contributed by atoms with Crippen LogP contribution < -0.4 is 10.2 Å². The van der Waals surface area contributed by atoms with E-state index in [0.717, 1.165) is 31.2 Å². The molecular weight excluding hydrogens is 314 g/mol. The molecule has 0 unspecified atom stereocenters. The maximum absolute atomic E-state index is 12.1. The largest absolute Gasteiger partial charge is 0.483 e. The van der Waals surface area contributed by atoms with Crippen molar-refractivity contribution in [3.05, 3.63) is 64.1 Å². The molecule has 0 spiro atoms. The minimum Gasteiger partial charge on any atom is -0.483 e. The van der Waals surface area contributed by atoms with Crippen molar-refractivity contribution in [3.8, 4) is 5.75 Å². The van der Waals surface area contributed by atoms with Gasteiger partial charge in [-0.25, -0.2) is 0 Å². The van der Waals surface area contributed by atoms with Gasteiger partial charge in [0.05, 0.1) is 11.9 Å². The zero-order valence-electron chi connectivity index (χ0n) is 14.9. The molecule has 134 valence electrons. The third-order valence-electron chi connectivity index (χ3n) is 4.24. The fourth-order valence-corrected chi connectivity index (χ4v) is 2.77. The molecular formula is C21H27NO3. The molecule has 0 saturated carbocycles. The second kappa shape index (κ2) is 10.5. The fraction of sp³-hybridized carbons (Fsp3) is 0.429. The summed E-state index contributed by atoms with van der Waals surface area (Å²) in [6.07, 6.45) is 9.50. The molecule has 0 aliphatic rings. The van der Waals surface area contributed by atoms with Gasteiger partial charge in [0.1, 0.15) is 6.61 Å². The smallest absolute Gasteiger partial charge is 0.224 e. The Morgan fingerprint density at radius 3 is 2.48 bits per heavy atom. The molecule has 0 fully saturated rings. The van der Waals surface area contributed by atoms with E-state index in [1.807, 2.05) is 34.9 Å². The van der Waals surface area contributed by atoms with Crippen LogP contribution in [0.5, 0.6) is 5.75 Å². The summed E-state index contributed by atoms with van der Waals surface area (Å²) in [5.41, 5.74) is 1.16. The van der Waals surface area contributed by atoms with Crippen molar-refractivity contribution in [1.29, 1.82) is 0 Å². The Morgan fingerprint density at radius 1 is 1.04 bits per heavy atom. The number of ether oxygens (including phenoxy) is 1. The van der Waals surface area contributed by atoms with Crippen molar-refractivity contribution in [2.45, 2.75) is 58.6 Å². The summed E-state index contributed by atoms with van der Waals surface area (Å²) in [6.45, 7) is 3.27. The second-order valence-corrected chi connectivity index (χ2v) is 6.28. The Bertz CT molecular complexity index is 707. The van der Waals surface area contributed by atoms with E-state index >= 15 is 0 Å². The van der Waals surface area contributed by atoms with Crippen LogP contribution in [0, 0.1) is 0 Å². The van der Waals surface area contributed by atoms with Gasteiger partial charge in [-0.3, -0.25) is 9.59 Å². The van der Waals surface area contributed by atoms with Gasteiger partial charge in [0.2, 0.25) is 5.43 Å². The zero-order valence-corrected chi connectivity index (χ0v) is 14.9. The average Bonchev–Trinajstić information content (AvgIpc) is 2.65. The first-order valence-corrected chi connectivity index (χ1v) is 9.11. The summed E-state index contributed by atoms with van der Waals surface area (Å²) < 4.78 is 7.50. The van der Waals surface area contributed by atoms with Gasteiger partial charge >= 0.3 is 0 Å². The number of unbranched alkanes of at least 4 members (excludes halogenated alkanes) is 5. The molecule has 25 heavy (non-hydrogen) atoms. The van der Waals surface area contributed by atoms with Crippen molar-refractivity contribution >= 4 is 6.29 Å². The summed E-state index contributed by atoms with van der Waals surface area (Å²) in [5.74, 6) is 0.292. The Balaban J connectivity index is 1.98. The van der Waals surface area contributed by atoms with E-state index in [1.165, 1.54) is 31.7 Å². The highest BCUT2D eigenvalue weighted by atomic mass is 16.5. The fourth-order valence-electron chi connectivity index (χ4n) is 2.77. The molecule has 4 heteroatoms. The number of benzene rings is 1.